The molecule has 3 nitrogen and oxygen atoms in total. The van der Waals surface area contributed by atoms with Crippen LogP contribution in [-0.2, 0) is 0 Å². The quantitative estimate of drug-likeness (QED) is 0.696. The molecule has 108 valence electrons. The molecule has 1 aromatic carbocycles. The van der Waals surface area contributed by atoms with Crippen molar-refractivity contribution >= 4 is 28.4 Å². The van der Waals surface area contributed by atoms with E-state index in [0.29, 0.717) is 5.69 Å². The lowest BCUT2D eigenvalue weighted by molar-refractivity contribution is 0.244. The fourth-order valence-electron chi connectivity index (χ4n) is 1.99. The van der Waals surface area contributed by atoms with Crippen LogP contribution >= 0.6 is 22.7 Å². The fraction of sp³-hybridized carbons (Fsp3) is 0.188. The van der Waals surface area contributed by atoms with Crippen LogP contribution in [0.2, 0.25) is 0 Å². The molecule has 0 bridgehead atoms. The third-order valence-electron chi connectivity index (χ3n) is 2.90. The summed E-state index contributed by atoms with van der Waals surface area (Å²) in [6.07, 6.45) is 0.114. The highest BCUT2D eigenvalue weighted by Crippen LogP contribution is 2.34. The Morgan fingerprint density at radius 1 is 1.19 bits per heavy atom. The number of thiophene rings is 1. The van der Waals surface area contributed by atoms with Crippen LogP contribution < -0.4 is 10.5 Å². The second-order valence-corrected chi connectivity index (χ2v) is 6.74. The summed E-state index contributed by atoms with van der Waals surface area (Å²) in [4.78, 5) is 5.87. The maximum absolute atomic E-state index is 6.06. The number of nitrogens with zero attached hydrogens (tertiary/aromatic N) is 1. The molecule has 0 radical (unpaired) electrons. The molecule has 5 heteroatoms. The Kier molecular flexibility index (Phi) is 3.94. The SMILES string of the molecule is CC(C)Oc1ccc(-c2nc(-c3cccs3)cs2)cc1N. The van der Waals surface area contributed by atoms with Crippen molar-refractivity contribution in [2.45, 2.75) is 20.0 Å². The first-order valence-corrected chi connectivity index (χ1v) is 8.45. The average molecular weight is 316 g/mol. The van der Waals surface area contributed by atoms with Gasteiger partial charge in [-0.25, -0.2) is 4.98 Å². The minimum Gasteiger partial charge on any atom is -0.489 e. The number of thiazole rings is 1. The largest absolute Gasteiger partial charge is 0.489 e. The third-order valence-corrected chi connectivity index (χ3v) is 4.68. The number of nitrogen functional groups attached to an aromatic ring is 1. The van der Waals surface area contributed by atoms with Gasteiger partial charge in [-0.1, -0.05) is 6.07 Å². The normalized spacial score (nSPS) is 11.0. The van der Waals surface area contributed by atoms with Crippen LogP contribution in [0.5, 0.6) is 5.75 Å². The van der Waals surface area contributed by atoms with E-state index in [-0.39, 0.29) is 6.10 Å². The van der Waals surface area contributed by atoms with E-state index in [9.17, 15) is 0 Å². The van der Waals surface area contributed by atoms with E-state index in [0.717, 1.165) is 22.0 Å². The first-order chi connectivity index (χ1) is 10.1. The predicted octanol–water partition coefficient (Wildman–Crippen LogP) is 4.91. The van der Waals surface area contributed by atoms with Gasteiger partial charge in [0, 0.05) is 10.9 Å². The molecule has 0 aliphatic heterocycles. The first-order valence-electron chi connectivity index (χ1n) is 6.69. The molecule has 0 aliphatic rings. The summed E-state index contributed by atoms with van der Waals surface area (Å²) >= 11 is 3.32. The molecular formula is C16H16N2OS2. The Morgan fingerprint density at radius 3 is 2.71 bits per heavy atom. The molecule has 0 aliphatic carbocycles. The van der Waals surface area contributed by atoms with E-state index >= 15 is 0 Å². The van der Waals surface area contributed by atoms with Gasteiger partial charge in [-0.05, 0) is 43.5 Å². The van der Waals surface area contributed by atoms with Crippen LogP contribution in [-0.4, -0.2) is 11.1 Å². The molecule has 0 spiro atoms. The highest BCUT2D eigenvalue weighted by Gasteiger charge is 2.10. The third kappa shape index (κ3) is 3.09. The molecular weight excluding hydrogens is 300 g/mol. The van der Waals surface area contributed by atoms with Gasteiger partial charge in [0.15, 0.2) is 0 Å². The maximum atomic E-state index is 6.06. The zero-order valence-corrected chi connectivity index (χ0v) is 13.5. The second kappa shape index (κ2) is 5.87. The molecule has 0 saturated heterocycles. The summed E-state index contributed by atoms with van der Waals surface area (Å²) in [7, 11) is 0. The molecule has 0 unspecified atom stereocenters. The molecule has 0 fully saturated rings. The lowest BCUT2D eigenvalue weighted by Crippen LogP contribution is -2.07. The summed E-state index contributed by atoms with van der Waals surface area (Å²) in [6, 6.07) is 9.96. The summed E-state index contributed by atoms with van der Waals surface area (Å²) < 4.78 is 5.66. The lowest BCUT2D eigenvalue weighted by Gasteiger charge is -2.12. The Hall–Kier alpha value is -1.85. The average Bonchev–Trinajstić information content (AvgIpc) is 3.10. The highest BCUT2D eigenvalue weighted by molar-refractivity contribution is 7.15. The summed E-state index contributed by atoms with van der Waals surface area (Å²) in [5, 5.41) is 5.11. The molecule has 2 N–H and O–H groups in total. The number of aromatic nitrogens is 1. The number of rotatable bonds is 4. The molecule has 2 heterocycles. The van der Waals surface area contributed by atoms with Gasteiger partial charge >= 0.3 is 0 Å². The standard InChI is InChI=1S/C16H16N2OS2/c1-10(2)19-14-6-5-11(8-12(14)17)16-18-13(9-21-16)15-4-3-7-20-15/h3-10H,17H2,1-2H3. The molecule has 21 heavy (non-hydrogen) atoms. The molecule has 0 amide bonds. The van der Waals surface area contributed by atoms with E-state index < -0.39 is 0 Å². The topological polar surface area (TPSA) is 48.1 Å². The van der Waals surface area contributed by atoms with Crippen molar-refractivity contribution in [2.24, 2.45) is 0 Å². The van der Waals surface area contributed by atoms with Crippen molar-refractivity contribution in [3.05, 3.63) is 41.1 Å². The van der Waals surface area contributed by atoms with Crippen molar-refractivity contribution in [2.75, 3.05) is 5.73 Å². The van der Waals surface area contributed by atoms with Gasteiger partial charge < -0.3 is 10.5 Å². The van der Waals surface area contributed by atoms with Crippen molar-refractivity contribution < 1.29 is 4.74 Å². The van der Waals surface area contributed by atoms with Gasteiger partial charge in [-0.2, -0.15) is 0 Å². The van der Waals surface area contributed by atoms with Crippen LogP contribution in [0.25, 0.3) is 21.1 Å². The van der Waals surface area contributed by atoms with Gasteiger partial charge in [0.1, 0.15) is 10.8 Å². The summed E-state index contributed by atoms with van der Waals surface area (Å²) in [6.45, 7) is 3.98. The molecule has 3 aromatic rings. The Labute approximate surface area is 132 Å². The molecule has 3 rings (SSSR count). The van der Waals surface area contributed by atoms with E-state index in [1.54, 1.807) is 22.7 Å². The monoisotopic (exact) mass is 316 g/mol. The van der Waals surface area contributed by atoms with Crippen LogP contribution in [0.4, 0.5) is 5.69 Å². The summed E-state index contributed by atoms with van der Waals surface area (Å²) in [5.41, 5.74) is 8.75. The zero-order chi connectivity index (χ0) is 14.8. The van der Waals surface area contributed by atoms with Crippen molar-refractivity contribution in [1.29, 1.82) is 0 Å². The number of benzene rings is 1. The Morgan fingerprint density at radius 2 is 2.05 bits per heavy atom. The molecule has 0 atom stereocenters. The maximum Gasteiger partial charge on any atom is 0.142 e. The van der Waals surface area contributed by atoms with E-state index in [2.05, 4.69) is 21.8 Å². The highest BCUT2D eigenvalue weighted by atomic mass is 32.1. The number of hydrogen-bond acceptors (Lipinski definition) is 5. The van der Waals surface area contributed by atoms with Gasteiger partial charge in [0.25, 0.3) is 0 Å². The van der Waals surface area contributed by atoms with Gasteiger partial charge in [-0.3, -0.25) is 0 Å². The van der Waals surface area contributed by atoms with Crippen molar-refractivity contribution in [3.63, 3.8) is 0 Å². The Balaban J connectivity index is 1.89. The van der Waals surface area contributed by atoms with E-state index in [1.165, 1.54) is 4.88 Å². The van der Waals surface area contributed by atoms with Gasteiger partial charge in [0.05, 0.1) is 22.4 Å². The number of ether oxygens (including phenoxy) is 1. The summed E-state index contributed by atoms with van der Waals surface area (Å²) in [5.74, 6) is 0.726. The van der Waals surface area contributed by atoms with Crippen molar-refractivity contribution in [1.82, 2.24) is 4.98 Å². The number of nitrogens with two attached hydrogens (primary N) is 1. The van der Waals surface area contributed by atoms with Crippen LogP contribution in [0.3, 0.4) is 0 Å². The van der Waals surface area contributed by atoms with E-state index in [4.69, 9.17) is 10.5 Å². The second-order valence-electron chi connectivity index (χ2n) is 4.93. The van der Waals surface area contributed by atoms with Crippen LogP contribution in [0.15, 0.2) is 41.1 Å². The lowest BCUT2D eigenvalue weighted by atomic mass is 10.2. The minimum absolute atomic E-state index is 0.114. The Bertz CT molecular complexity index is 733. The predicted molar refractivity (Wildman–Crippen MR) is 91.0 cm³/mol. The zero-order valence-electron chi connectivity index (χ0n) is 11.9. The smallest absolute Gasteiger partial charge is 0.142 e. The van der Waals surface area contributed by atoms with E-state index in [1.807, 2.05) is 38.1 Å². The first kappa shape index (κ1) is 14.1. The molecule has 0 saturated carbocycles. The van der Waals surface area contributed by atoms with Gasteiger partial charge in [-0.15, -0.1) is 22.7 Å². The minimum atomic E-state index is 0.114. The van der Waals surface area contributed by atoms with Gasteiger partial charge in [0.2, 0.25) is 0 Å². The number of anilines is 1. The number of hydrogen-bond donors (Lipinski definition) is 1. The van der Waals surface area contributed by atoms with Crippen LogP contribution in [0, 0.1) is 0 Å². The van der Waals surface area contributed by atoms with Crippen LogP contribution in [0.1, 0.15) is 13.8 Å². The molecule has 2 aromatic heterocycles. The fourth-order valence-corrected chi connectivity index (χ4v) is 3.56. The van der Waals surface area contributed by atoms with Crippen molar-refractivity contribution in [3.8, 4) is 26.9 Å².